The highest BCUT2D eigenvalue weighted by molar-refractivity contribution is 5.49. The van der Waals surface area contributed by atoms with Crippen LogP contribution in [0, 0.1) is 0 Å². The molecular weight excluding hydrogens is 262 g/mol. The van der Waals surface area contributed by atoms with E-state index in [-0.39, 0.29) is 0 Å². The number of nitrogens with zero attached hydrogens (tertiary/aromatic N) is 4. The van der Waals surface area contributed by atoms with Crippen molar-refractivity contribution in [1.29, 1.82) is 0 Å². The molecule has 1 aliphatic heterocycles. The van der Waals surface area contributed by atoms with E-state index in [2.05, 4.69) is 50.7 Å². The van der Waals surface area contributed by atoms with Crippen LogP contribution in [0.2, 0.25) is 0 Å². The Hall–Kier alpha value is -2.04. The van der Waals surface area contributed by atoms with Crippen molar-refractivity contribution in [3.8, 4) is 0 Å². The lowest BCUT2D eigenvalue weighted by Crippen LogP contribution is -2.18. The minimum atomic E-state index is 0.431. The predicted octanol–water partition coefficient (Wildman–Crippen LogP) is 3.07. The third-order valence-corrected chi connectivity index (χ3v) is 3.95. The van der Waals surface area contributed by atoms with E-state index < -0.39 is 0 Å². The minimum absolute atomic E-state index is 0.431. The Kier molecular flexibility index (Phi) is 4.08. The Morgan fingerprint density at radius 2 is 2.00 bits per heavy atom. The van der Waals surface area contributed by atoms with Gasteiger partial charge in [0.1, 0.15) is 5.82 Å². The molecule has 1 aliphatic rings. The zero-order chi connectivity index (χ0) is 14.7. The van der Waals surface area contributed by atoms with Crippen LogP contribution in [-0.4, -0.2) is 27.6 Å². The van der Waals surface area contributed by atoms with Crippen molar-refractivity contribution >= 4 is 11.5 Å². The molecule has 0 unspecified atom stereocenters. The summed E-state index contributed by atoms with van der Waals surface area (Å²) in [5.41, 5.74) is 2.24. The second-order valence-electron chi connectivity index (χ2n) is 5.84. The number of anilines is 2. The molecule has 0 aromatic carbocycles. The summed E-state index contributed by atoms with van der Waals surface area (Å²) < 4.78 is 2.18. The van der Waals surface area contributed by atoms with E-state index in [9.17, 15) is 0 Å². The van der Waals surface area contributed by atoms with Crippen molar-refractivity contribution < 1.29 is 0 Å². The highest BCUT2D eigenvalue weighted by Crippen LogP contribution is 2.19. The van der Waals surface area contributed by atoms with Gasteiger partial charge in [-0.1, -0.05) is 0 Å². The number of hydrogen-bond donors (Lipinski definition) is 1. The van der Waals surface area contributed by atoms with Gasteiger partial charge in [0.25, 0.3) is 0 Å². The van der Waals surface area contributed by atoms with Crippen LogP contribution in [0.5, 0.6) is 0 Å². The van der Waals surface area contributed by atoms with Crippen molar-refractivity contribution in [2.45, 2.75) is 39.3 Å². The molecule has 1 saturated heterocycles. The lowest BCUT2D eigenvalue weighted by atomic mass is 10.3. The maximum Gasteiger partial charge on any atom is 0.128 e. The van der Waals surface area contributed by atoms with Gasteiger partial charge in [0.2, 0.25) is 0 Å². The van der Waals surface area contributed by atoms with Crippen LogP contribution < -0.4 is 10.2 Å². The molecule has 0 amide bonds. The summed E-state index contributed by atoms with van der Waals surface area (Å²) in [6, 6.07) is 4.64. The molecule has 0 aliphatic carbocycles. The van der Waals surface area contributed by atoms with E-state index in [1.807, 2.05) is 18.7 Å². The molecule has 3 heterocycles. The highest BCUT2D eigenvalue weighted by Gasteiger charge is 2.13. The molecular formula is C16H23N5. The van der Waals surface area contributed by atoms with Gasteiger partial charge in [-0.05, 0) is 38.8 Å². The molecule has 112 valence electrons. The first-order valence-corrected chi connectivity index (χ1v) is 7.69. The smallest absolute Gasteiger partial charge is 0.128 e. The van der Waals surface area contributed by atoms with Gasteiger partial charge in [-0.15, -0.1) is 0 Å². The second-order valence-corrected chi connectivity index (χ2v) is 5.84. The molecule has 3 rings (SSSR count). The van der Waals surface area contributed by atoms with Crippen molar-refractivity contribution in [2.24, 2.45) is 0 Å². The summed E-state index contributed by atoms with van der Waals surface area (Å²) in [7, 11) is 0. The van der Waals surface area contributed by atoms with Crippen LogP contribution in [0.4, 0.5) is 11.5 Å². The first-order chi connectivity index (χ1) is 10.2. The fourth-order valence-corrected chi connectivity index (χ4v) is 2.75. The second kappa shape index (κ2) is 6.16. The molecule has 0 spiro atoms. The van der Waals surface area contributed by atoms with E-state index in [0.717, 1.165) is 31.1 Å². The van der Waals surface area contributed by atoms with Crippen molar-refractivity contribution in [3.05, 3.63) is 36.5 Å². The summed E-state index contributed by atoms with van der Waals surface area (Å²) in [6.07, 6.45) is 8.28. The van der Waals surface area contributed by atoms with Crippen molar-refractivity contribution in [2.75, 3.05) is 23.3 Å². The predicted molar refractivity (Wildman–Crippen MR) is 85.6 cm³/mol. The fourth-order valence-electron chi connectivity index (χ4n) is 2.75. The van der Waals surface area contributed by atoms with Crippen molar-refractivity contribution in [1.82, 2.24) is 14.5 Å². The van der Waals surface area contributed by atoms with E-state index in [4.69, 9.17) is 0 Å². The first kappa shape index (κ1) is 13.9. The maximum absolute atomic E-state index is 4.56. The topological polar surface area (TPSA) is 46.0 Å². The Morgan fingerprint density at radius 3 is 2.67 bits per heavy atom. The van der Waals surface area contributed by atoms with Gasteiger partial charge in [0, 0.05) is 25.3 Å². The van der Waals surface area contributed by atoms with E-state index in [1.54, 1.807) is 0 Å². The minimum Gasteiger partial charge on any atom is -0.378 e. The summed E-state index contributed by atoms with van der Waals surface area (Å²) in [5.74, 6) is 1.09. The average molecular weight is 285 g/mol. The zero-order valence-corrected chi connectivity index (χ0v) is 12.8. The molecule has 1 N–H and O–H groups in total. The first-order valence-electron chi connectivity index (χ1n) is 7.69. The average Bonchev–Trinajstić information content (AvgIpc) is 3.17. The number of pyridine rings is 1. The van der Waals surface area contributed by atoms with Gasteiger partial charge in [0.15, 0.2) is 0 Å². The lowest BCUT2D eigenvalue weighted by molar-refractivity contribution is 0.577. The van der Waals surface area contributed by atoms with Gasteiger partial charge in [-0.3, -0.25) is 0 Å². The monoisotopic (exact) mass is 285 g/mol. The number of nitrogens with one attached hydrogen (secondary N) is 1. The van der Waals surface area contributed by atoms with Crippen LogP contribution in [-0.2, 0) is 6.54 Å². The zero-order valence-electron chi connectivity index (χ0n) is 12.8. The van der Waals surface area contributed by atoms with Crippen LogP contribution in [0.3, 0.4) is 0 Å². The summed E-state index contributed by atoms with van der Waals surface area (Å²) in [6.45, 7) is 7.36. The van der Waals surface area contributed by atoms with Crippen LogP contribution in [0.25, 0.3) is 0 Å². The molecule has 0 atom stereocenters. The van der Waals surface area contributed by atoms with Gasteiger partial charge in [-0.2, -0.15) is 0 Å². The van der Waals surface area contributed by atoms with Crippen LogP contribution in [0.1, 0.15) is 38.4 Å². The molecule has 2 aromatic rings. The third-order valence-electron chi connectivity index (χ3n) is 3.95. The Labute approximate surface area is 126 Å². The summed E-state index contributed by atoms with van der Waals surface area (Å²) in [4.78, 5) is 11.1. The third kappa shape index (κ3) is 3.17. The van der Waals surface area contributed by atoms with Crippen molar-refractivity contribution in [3.63, 3.8) is 0 Å². The number of imidazole rings is 1. The summed E-state index contributed by atoms with van der Waals surface area (Å²) in [5, 5.41) is 3.42. The highest BCUT2D eigenvalue weighted by atomic mass is 15.2. The molecule has 0 saturated carbocycles. The quantitative estimate of drug-likeness (QED) is 0.917. The van der Waals surface area contributed by atoms with Gasteiger partial charge < -0.3 is 14.8 Å². The molecule has 0 bridgehead atoms. The van der Waals surface area contributed by atoms with Gasteiger partial charge >= 0.3 is 0 Å². The van der Waals surface area contributed by atoms with E-state index >= 15 is 0 Å². The van der Waals surface area contributed by atoms with E-state index in [0.29, 0.717) is 6.04 Å². The fraction of sp³-hybridized carbons (Fsp3) is 0.500. The number of hydrogen-bond acceptors (Lipinski definition) is 4. The molecule has 5 heteroatoms. The molecule has 5 nitrogen and oxygen atoms in total. The largest absolute Gasteiger partial charge is 0.378 e. The molecule has 1 fully saturated rings. The van der Waals surface area contributed by atoms with Crippen LogP contribution in [0.15, 0.2) is 30.9 Å². The SMILES string of the molecule is CC(C)n1cncc1CNc1ccc(N2CCCC2)nc1. The maximum atomic E-state index is 4.56. The lowest BCUT2D eigenvalue weighted by Gasteiger charge is -2.17. The molecule has 0 radical (unpaired) electrons. The Morgan fingerprint density at radius 1 is 1.19 bits per heavy atom. The molecule has 21 heavy (non-hydrogen) atoms. The number of rotatable bonds is 5. The van der Waals surface area contributed by atoms with Gasteiger partial charge in [-0.25, -0.2) is 9.97 Å². The Bertz CT molecular complexity index is 567. The number of aromatic nitrogens is 3. The molecule has 2 aromatic heterocycles. The normalized spacial score (nSPS) is 14.9. The van der Waals surface area contributed by atoms with E-state index in [1.165, 1.54) is 18.5 Å². The van der Waals surface area contributed by atoms with Gasteiger partial charge in [0.05, 0.1) is 30.5 Å². The Balaban J connectivity index is 1.61. The summed E-state index contributed by atoms with van der Waals surface area (Å²) >= 11 is 0. The van der Waals surface area contributed by atoms with Crippen LogP contribution >= 0.6 is 0 Å². The standard InChI is InChI=1S/C16H23N5/c1-13(2)21-12-17-10-15(21)11-18-14-5-6-16(19-9-14)20-7-3-4-8-20/h5-6,9-10,12-13,18H,3-4,7-8,11H2,1-2H3.